The summed E-state index contributed by atoms with van der Waals surface area (Å²) in [4.78, 5) is 2.11. The van der Waals surface area contributed by atoms with Crippen LogP contribution in [-0.2, 0) is 7.05 Å². The molecule has 3 rings (SSSR count). The first-order valence-corrected chi connectivity index (χ1v) is 8.46. The molecule has 0 fully saturated rings. The lowest BCUT2D eigenvalue weighted by Crippen LogP contribution is -3.00. The quantitative estimate of drug-likeness (QED) is 0.334. The van der Waals surface area contributed by atoms with E-state index < -0.39 is 0 Å². The van der Waals surface area contributed by atoms with Crippen molar-refractivity contribution in [2.24, 2.45) is 7.05 Å². The van der Waals surface area contributed by atoms with Gasteiger partial charge < -0.3 is 28.9 Å². The second-order valence-corrected chi connectivity index (χ2v) is 6.73. The lowest BCUT2D eigenvalue weighted by atomic mass is 10.2. The fourth-order valence-electron chi connectivity index (χ4n) is 2.45. The number of allylic oxidation sites excluding steroid dienone is 2. The lowest BCUT2D eigenvalue weighted by molar-refractivity contribution is -0.642. The first-order valence-electron chi connectivity index (χ1n) is 7.65. The van der Waals surface area contributed by atoms with Crippen LogP contribution in [0.4, 0.5) is 5.69 Å². The van der Waals surface area contributed by atoms with Gasteiger partial charge in [-0.05, 0) is 23.8 Å². The van der Waals surface area contributed by atoms with Crippen LogP contribution in [0.3, 0.4) is 0 Å². The summed E-state index contributed by atoms with van der Waals surface area (Å²) >= 11 is 1.81. The van der Waals surface area contributed by atoms with Crippen molar-refractivity contribution < 1.29 is 28.5 Å². The van der Waals surface area contributed by atoms with Crippen LogP contribution in [0.1, 0.15) is 10.6 Å². The third-order valence-corrected chi connectivity index (χ3v) is 5.00. The zero-order valence-electron chi connectivity index (χ0n) is 14.1. The Bertz CT molecular complexity index is 861. The number of anilines is 1. The fraction of sp³-hybridized carbons (Fsp3) is 0.150. The molecule has 0 amide bonds. The fourth-order valence-corrected chi connectivity index (χ4v) is 3.52. The van der Waals surface area contributed by atoms with Gasteiger partial charge in [-0.2, -0.15) is 4.57 Å². The molecule has 2 nitrogen and oxygen atoms in total. The topological polar surface area (TPSA) is 7.12 Å². The molecule has 0 N–H and O–H groups in total. The minimum Gasteiger partial charge on any atom is -1.00 e. The van der Waals surface area contributed by atoms with Crippen LogP contribution in [0.15, 0.2) is 60.7 Å². The maximum Gasteiger partial charge on any atom is 0.262 e. The van der Waals surface area contributed by atoms with Gasteiger partial charge in [-0.25, -0.2) is 0 Å². The molecule has 1 heterocycles. The molecule has 2 aromatic carbocycles. The standard InChI is InChI=1S/C20H21N2S.HI/c1-21(2)17-14-12-16(13-15-17)8-4-7-11-20-22(3)18-9-5-6-10-19(18)23-20;/h4-15H,1-3H3;1H/q+1;/p-1. The molecule has 0 spiro atoms. The lowest BCUT2D eigenvalue weighted by Gasteiger charge is -2.11. The predicted molar refractivity (Wildman–Crippen MR) is 102 cm³/mol. The van der Waals surface area contributed by atoms with E-state index in [1.807, 2.05) is 11.3 Å². The summed E-state index contributed by atoms with van der Waals surface area (Å²) in [5.41, 5.74) is 3.70. The Hall–Kier alpha value is -1.66. The average Bonchev–Trinajstić information content (AvgIpc) is 2.89. The van der Waals surface area contributed by atoms with Crippen LogP contribution in [0, 0.1) is 0 Å². The van der Waals surface area contributed by atoms with Crippen molar-refractivity contribution >= 4 is 39.4 Å². The highest BCUT2D eigenvalue weighted by Crippen LogP contribution is 2.20. The van der Waals surface area contributed by atoms with Crippen LogP contribution in [-0.4, -0.2) is 14.1 Å². The Kier molecular flexibility index (Phi) is 6.57. The maximum absolute atomic E-state index is 2.23. The van der Waals surface area contributed by atoms with Gasteiger partial charge in [0, 0.05) is 31.9 Å². The van der Waals surface area contributed by atoms with E-state index in [-0.39, 0.29) is 24.0 Å². The van der Waals surface area contributed by atoms with Crippen molar-refractivity contribution in [3.8, 4) is 0 Å². The van der Waals surface area contributed by atoms with Crippen LogP contribution < -0.4 is 33.4 Å². The molecule has 0 atom stereocenters. The number of thiazole rings is 1. The van der Waals surface area contributed by atoms with Crippen LogP contribution in [0.25, 0.3) is 22.4 Å². The van der Waals surface area contributed by atoms with Gasteiger partial charge in [-0.15, -0.1) is 0 Å². The van der Waals surface area contributed by atoms with Gasteiger partial charge >= 0.3 is 0 Å². The van der Waals surface area contributed by atoms with E-state index in [1.54, 1.807) is 0 Å². The predicted octanol–water partition coefficient (Wildman–Crippen LogP) is 1.52. The number of aryl methyl sites for hydroxylation is 1. The molecule has 0 aliphatic rings. The highest BCUT2D eigenvalue weighted by Gasteiger charge is 2.12. The van der Waals surface area contributed by atoms with Crippen molar-refractivity contribution in [2.75, 3.05) is 19.0 Å². The van der Waals surface area contributed by atoms with Crippen LogP contribution >= 0.6 is 11.3 Å². The van der Waals surface area contributed by atoms with Gasteiger partial charge in [0.2, 0.25) is 5.52 Å². The summed E-state index contributed by atoms with van der Waals surface area (Å²) in [6.45, 7) is 0. The highest BCUT2D eigenvalue weighted by molar-refractivity contribution is 7.18. The number of rotatable bonds is 4. The number of para-hydroxylation sites is 1. The summed E-state index contributed by atoms with van der Waals surface area (Å²) in [7, 11) is 6.22. The van der Waals surface area contributed by atoms with E-state index in [2.05, 4.69) is 103 Å². The first kappa shape index (κ1) is 18.7. The summed E-state index contributed by atoms with van der Waals surface area (Å²) in [5, 5.41) is 1.25. The number of hydrogen-bond acceptors (Lipinski definition) is 2. The van der Waals surface area contributed by atoms with Crippen LogP contribution in [0.2, 0.25) is 0 Å². The minimum atomic E-state index is 0. The third-order valence-electron chi connectivity index (χ3n) is 3.82. The number of halogens is 1. The number of benzene rings is 2. The van der Waals surface area contributed by atoms with E-state index in [1.165, 1.54) is 26.5 Å². The first-order chi connectivity index (χ1) is 11.1. The molecule has 0 saturated carbocycles. The van der Waals surface area contributed by atoms with Gasteiger partial charge in [0.05, 0.1) is 0 Å². The largest absolute Gasteiger partial charge is 1.00 e. The smallest absolute Gasteiger partial charge is 0.262 e. The molecule has 1 aromatic heterocycles. The van der Waals surface area contributed by atoms with E-state index >= 15 is 0 Å². The monoisotopic (exact) mass is 448 g/mol. The zero-order chi connectivity index (χ0) is 16.2. The van der Waals surface area contributed by atoms with Crippen molar-refractivity contribution in [3.63, 3.8) is 0 Å². The summed E-state index contributed by atoms with van der Waals surface area (Å²) in [6, 6.07) is 17.0. The second kappa shape index (κ2) is 8.44. The molecule has 4 heteroatoms. The number of fused-ring (bicyclic) bond motifs is 1. The maximum atomic E-state index is 2.23. The molecule has 0 unspecified atom stereocenters. The number of aromatic nitrogens is 1. The second-order valence-electron chi connectivity index (χ2n) is 5.67. The van der Waals surface area contributed by atoms with Crippen molar-refractivity contribution in [1.29, 1.82) is 0 Å². The van der Waals surface area contributed by atoms with Gasteiger partial charge in [-0.1, -0.05) is 53.8 Å². The average molecular weight is 448 g/mol. The Morgan fingerprint density at radius 1 is 0.917 bits per heavy atom. The van der Waals surface area contributed by atoms with Gasteiger partial charge in [-0.3, -0.25) is 0 Å². The molecule has 124 valence electrons. The summed E-state index contributed by atoms with van der Waals surface area (Å²) in [6.07, 6.45) is 8.48. The Morgan fingerprint density at radius 3 is 2.25 bits per heavy atom. The Morgan fingerprint density at radius 2 is 1.58 bits per heavy atom. The molecule has 0 aliphatic carbocycles. The highest BCUT2D eigenvalue weighted by atomic mass is 127. The number of hydrogen-bond donors (Lipinski definition) is 0. The van der Waals surface area contributed by atoms with Gasteiger partial charge in [0.1, 0.15) is 11.7 Å². The van der Waals surface area contributed by atoms with E-state index in [0.29, 0.717) is 0 Å². The molecular weight excluding hydrogens is 427 g/mol. The van der Waals surface area contributed by atoms with E-state index in [0.717, 1.165) is 0 Å². The molecular formula is C20H21IN2S. The SMILES string of the molecule is CN(C)c1ccc(/C=C/C=C/c2sc3ccccc3[n+]2C)cc1.[I-]. The number of nitrogens with zero attached hydrogens (tertiary/aromatic N) is 2. The van der Waals surface area contributed by atoms with Crippen molar-refractivity contribution in [1.82, 2.24) is 0 Å². The van der Waals surface area contributed by atoms with Crippen molar-refractivity contribution in [2.45, 2.75) is 0 Å². The Labute approximate surface area is 164 Å². The third kappa shape index (κ3) is 4.24. The zero-order valence-corrected chi connectivity index (χ0v) is 17.1. The molecule has 24 heavy (non-hydrogen) atoms. The van der Waals surface area contributed by atoms with Gasteiger partial charge in [0.15, 0.2) is 0 Å². The van der Waals surface area contributed by atoms with Crippen molar-refractivity contribution in [3.05, 3.63) is 71.3 Å². The molecule has 3 aromatic rings. The normalized spacial score (nSPS) is 11.3. The molecule has 0 aliphatic heterocycles. The minimum absolute atomic E-state index is 0. The molecule has 0 bridgehead atoms. The van der Waals surface area contributed by atoms with Crippen LogP contribution in [0.5, 0.6) is 0 Å². The molecule has 0 saturated heterocycles. The van der Waals surface area contributed by atoms with E-state index in [4.69, 9.17) is 0 Å². The van der Waals surface area contributed by atoms with E-state index in [9.17, 15) is 0 Å². The van der Waals surface area contributed by atoms with Gasteiger partial charge in [0.25, 0.3) is 5.01 Å². The Balaban J connectivity index is 0.00000208. The molecule has 0 radical (unpaired) electrons. The summed E-state index contributed by atoms with van der Waals surface area (Å²) < 4.78 is 3.55. The summed E-state index contributed by atoms with van der Waals surface area (Å²) in [5.74, 6) is 0.